The van der Waals surface area contributed by atoms with Crippen LogP contribution in [0, 0.1) is 0 Å². The molecule has 4 nitrogen and oxygen atoms in total. The monoisotopic (exact) mass is 355 g/mol. The van der Waals surface area contributed by atoms with Crippen LogP contribution in [-0.2, 0) is 4.74 Å². The third kappa shape index (κ3) is 4.23. The average molecular weight is 355 g/mol. The minimum Gasteiger partial charge on any atom is -0.465 e. The Morgan fingerprint density at radius 1 is 1.00 bits per heavy atom. The molecule has 1 heterocycles. The molecule has 1 aliphatic rings. The zero-order valence-electron chi connectivity index (χ0n) is 14.2. The molecule has 1 atom stereocenters. The van der Waals surface area contributed by atoms with E-state index in [0.29, 0.717) is 16.4 Å². The first-order valence-corrected chi connectivity index (χ1v) is 9.38. The Bertz CT molecular complexity index is 730. The summed E-state index contributed by atoms with van der Waals surface area (Å²) < 4.78 is 4.69. The van der Waals surface area contributed by atoms with Gasteiger partial charge in [0.1, 0.15) is 0 Å². The van der Waals surface area contributed by atoms with Crippen molar-refractivity contribution in [3.8, 4) is 0 Å². The van der Waals surface area contributed by atoms with E-state index >= 15 is 0 Å². The van der Waals surface area contributed by atoms with Crippen molar-refractivity contribution in [2.45, 2.75) is 11.7 Å². The summed E-state index contributed by atoms with van der Waals surface area (Å²) in [5.41, 5.74) is 2.38. The third-order valence-corrected chi connectivity index (χ3v) is 5.68. The molecule has 0 radical (unpaired) electrons. The smallest absolute Gasteiger partial charge is 0.337 e. The van der Waals surface area contributed by atoms with Crippen molar-refractivity contribution in [1.29, 1.82) is 0 Å². The fourth-order valence-electron chi connectivity index (χ4n) is 2.96. The van der Waals surface area contributed by atoms with Gasteiger partial charge in [0.25, 0.3) is 5.91 Å². The summed E-state index contributed by atoms with van der Waals surface area (Å²) in [6.07, 6.45) is 0.945. The fourth-order valence-corrected chi connectivity index (χ4v) is 4.19. The van der Waals surface area contributed by atoms with Gasteiger partial charge in [-0.05, 0) is 36.2 Å². The number of carbonyl (C=O) groups is 2. The maximum Gasteiger partial charge on any atom is 0.337 e. The summed E-state index contributed by atoms with van der Waals surface area (Å²) in [6.45, 7) is 1.48. The molecule has 130 valence electrons. The molecule has 5 heteroatoms. The van der Waals surface area contributed by atoms with E-state index in [1.807, 2.05) is 22.7 Å². The van der Waals surface area contributed by atoms with E-state index in [9.17, 15) is 9.59 Å². The number of esters is 1. The molecule has 0 N–H and O–H groups in total. The summed E-state index contributed by atoms with van der Waals surface area (Å²) in [4.78, 5) is 26.1. The predicted octanol–water partition coefficient (Wildman–Crippen LogP) is 3.79. The Morgan fingerprint density at radius 3 is 2.36 bits per heavy atom. The number of thioether (sulfide) groups is 1. The van der Waals surface area contributed by atoms with Crippen LogP contribution in [0.15, 0.2) is 54.6 Å². The first-order chi connectivity index (χ1) is 12.2. The molecule has 0 aliphatic carbocycles. The summed E-state index contributed by atoms with van der Waals surface area (Å²) in [5, 5.41) is 0.431. The number of benzene rings is 2. The molecule has 2 aromatic carbocycles. The number of ether oxygens (including phenoxy) is 1. The Kier molecular flexibility index (Phi) is 5.76. The average Bonchev–Trinajstić information content (AvgIpc) is 2.94. The zero-order valence-corrected chi connectivity index (χ0v) is 15.0. The highest BCUT2D eigenvalue weighted by atomic mass is 32.2. The van der Waals surface area contributed by atoms with Gasteiger partial charge in [0, 0.05) is 29.7 Å². The number of methoxy groups -OCH3 is 1. The van der Waals surface area contributed by atoms with Crippen molar-refractivity contribution in [1.82, 2.24) is 4.90 Å². The van der Waals surface area contributed by atoms with Crippen LogP contribution in [0.5, 0.6) is 0 Å². The molecule has 2 aromatic rings. The van der Waals surface area contributed by atoms with Gasteiger partial charge in [0.2, 0.25) is 0 Å². The molecule has 25 heavy (non-hydrogen) atoms. The highest BCUT2D eigenvalue weighted by Crippen LogP contribution is 2.34. The lowest BCUT2D eigenvalue weighted by Gasteiger charge is -2.20. The Labute approximate surface area is 152 Å². The molecule has 3 rings (SSSR count). The highest BCUT2D eigenvalue weighted by Gasteiger charge is 2.23. The van der Waals surface area contributed by atoms with Crippen molar-refractivity contribution in [2.24, 2.45) is 0 Å². The van der Waals surface area contributed by atoms with Gasteiger partial charge < -0.3 is 9.64 Å². The maximum absolute atomic E-state index is 12.7. The maximum atomic E-state index is 12.7. The first-order valence-electron chi connectivity index (χ1n) is 8.33. The van der Waals surface area contributed by atoms with Crippen molar-refractivity contribution < 1.29 is 14.3 Å². The SMILES string of the molecule is COC(=O)c1ccc(C(=O)N2CCSC(c3ccccc3)CC2)cc1. The van der Waals surface area contributed by atoms with Crippen molar-refractivity contribution >= 4 is 23.6 Å². The lowest BCUT2D eigenvalue weighted by Crippen LogP contribution is -2.33. The summed E-state index contributed by atoms with van der Waals surface area (Å²) >= 11 is 1.91. The molecule has 1 unspecified atom stereocenters. The molecule has 1 amide bonds. The Balaban J connectivity index is 1.66. The first kappa shape index (κ1) is 17.5. The number of nitrogens with zero attached hydrogens (tertiary/aromatic N) is 1. The number of rotatable bonds is 3. The van der Waals surface area contributed by atoms with Gasteiger partial charge in [0.05, 0.1) is 12.7 Å². The largest absolute Gasteiger partial charge is 0.465 e. The van der Waals surface area contributed by atoms with Gasteiger partial charge in [-0.2, -0.15) is 11.8 Å². The molecule has 0 spiro atoms. The second-order valence-electron chi connectivity index (χ2n) is 5.92. The Morgan fingerprint density at radius 2 is 1.68 bits per heavy atom. The molecule has 1 aliphatic heterocycles. The normalized spacial score (nSPS) is 17.6. The van der Waals surface area contributed by atoms with Crippen LogP contribution in [0.2, 0.25) is 0 Å². The molecule has 0 bridgehead atoms. The minimum absolute atomic E-state index is 0.0192. The van der Waals surface area contributed by atoms with E-state index in [1.165, 1.54) is 12.7 Å². The highest BCUT2D eigenvalue weighted by molar-refractivity contribution is 7.99. The summed E-state index contributed by atoms with van der Waals surface area (Å²) in [7, 11) is 1.35. The lowest BCUT2D eigenvalue weighted by molar-refractivity contribution is 0.0599. The summed E-state index contributed by atoms with van der Waals surface area (Å²) in [6, 6.07) is 17.1. The summed E-state index contributed by atoms with van der Waals surface area (Å²) in [5.74, 6) is 0.549. The quantitative estimate of drug-likeness (QED) is 0.786. The minimum atomic E-state index is -0.393. The van der Waals surface area contributed by atoms with Crippen molar-refractivity contribution in [2.75, 3.05) is 26.0 Å². The van der Waals surface area contributed by atoms with Gasteiger partial charge in [-0.1, -0.05) is 30.3 Å². The topological polar surface area (TPSA) is 46.6 Å². The van der Waals surface area contributed by atoms with Crippen LogP contribution in [0.4, 0.5) is 0 Å². The zero-order chi connectivity index (χ0) is 17.6. The molecular formula is C20H21NO3S. The van der Waals surface area contributed by atoms with Crippen molar-refractivity contribution in [3.05, 3.63) is 71.3 Å². The van der Waals surface area contributed by atoms with E-state index in [-0.39, 0.29) is 5.91 Å². The number of hydrogen-bond acceptors (Lipinski definition) is 4. The van der Waals surface area contributed by atoms with Crippen LogP contribution in [-0.4, -0.2) is 42.7 Å². The molecule has 0 aromatic heterocycles. The molecule has 1 saturated heterocycles. The second-order valence-corrected chi connectivity index (χ2v) is 7.23. The van der Waals surface area contributed by atoms with Crippen molar-refractivity contribution in [3.63, 3.8) is 0 Å². The van der Waals surface area contributed by atoms with Gasteiger partial charge in [-0.25, -0.2) is 4.79 Å². The van der Waals surface area contributed by atoms with E-state index in [4.69, 9.17) is 0 Å². The number of hydrogen-bond donors (Lipinski definition) is 0. The van der Waals surface area contributed by atoms with Gasteiger partial charge in [-0.3, -0.25) is 4.79 Å². The molecular weight excluding hydrogens is 334 g/mol. The van der Waals surface area contributed by atoms with Crippen LogP contribution < -0.4 is 0 Å². The van der Waals surface area contributed by atoms with Crippen LogP contribution >= 0.6 is 11.8 Å². The predicted molar refractivity (Wildman–Crippen MR) is 99.9 cm³/mol. The molecule has 1 fully saturated rings. The van der Waals surface area contributed by atoms with E-state index in [0.717, 1.165) is 25.3 Å². The second kappa shape index (κ2) is 8.21. The van der Waals surface area contributed by atoms with Gasteiger partial charge in [0.15, 0.2) is 0 Å². The van der Waals surface area contributed by atoms with Crippen LogP contribution in [0.3, 0.4) is 0 Å². The van der Waals surface area contributed by atoms with Gasteiger partial charge in [-0.15, -0.1) is 0 Å². The Hall–Kier alpha value is -2.27. The van der Waals surface area contributed by atoms with Crippen LogP contribution in [0.1, 0.15) is 38.0 Å². The van der Waals surface area contributed by atoms with E-state index in [2.05, 4.69) is 29.0 Å². The standard InChI is InChI=1S/C20H21NO3S/c1-24-20(23)17-9-7-16(8-10-17)19(22)21-12-11-18(25-14-13-21)15-5-3-2-4-6-15/h2-10,18H,11-14H2,1H3. The lowest BCUT2D eigenvalue weighted by atomic mass is 10.1. The molecule has 0 saturated carbocycles. The number of carbonyl (C=O) groups excluding carboxylic acids is 2. The van der Waals surface area contributed by atoms with E-state index < -0.39 is 5.97 Å². The van der Waals surface area contributed by atoms with Gasteiger partial charge >= 0.3 is 5.97 Å². The third-order valence-electron chi connectivity index (χ3n) is 4.35. The van der Waals surface area contributed by atoms with Crippen LogP contribution in [0.25, 0.3) is 0 Å². The fraction of sp³-hybridized carbons (Fsp3) is 0.300. The van der Waals surface area contributed by atoms with E-state index in [1.54, 1.807) is 24.3 Å². The number of amides is 1.